The van der Waals surface area contributed by atoms with Gasteiger partial charge in [0.05, 0.1) is 0 Å². The molecule has 1 saturated heterocycles. The maximum absolute atomic E-state index is 13.6. The fourth-order valence-electron chi connectivity index (χ4n) is 2.69. The van der Waals surface area contributed by atoms with Crippen molar-refractivity contribution >= 4 is 11.9 Å². The number of carbonyl (C=O) groups excluding carboxylic acids is 1. The maximum Gasteiger partial charge on any atom is 0.323 e. The van der Waals surface area contributed by atoms with Gasteiger partial charge in [0.25, 0.3) is 0 Å². The van der Waals surface area contributed by atoms with E-state index in [1.807, 2.05) is 0 Å². The zero-order valence-electron chi connectivity index (χ0n) is 12.6. The Kier molecular flexibility index (Phi) is 6.04. The van der Waals surface area contributed by atoms with Crippen LogP contribution in [0.15, 0.2) is 18.2 Å². The summed E-state index contributed by atoms with van der Waals surface area (Å²) in [6.07, 6.45) is 1.12. The molecule has 0 bridgehead atoms. The van der Waals surface area contributed by atoms with E-state index in [-0.39, 0.29) is 30.4 Å². The van der Waals surface area contributed by atoms with Crippen LogP contribution >= 0.6 is 0 Å². The van der Waals surface area contributed by atoms with Gasteiger partial charge in [-0.1, -0.05) is 12.1 Å². The third-order valence-corrected chi connectivity index (χ3v) is 3.90. The van der Waals surface area contributed by atoms with E-state index in [4.69, 9.17) is 9.84 Å². The fraction of sp³-hybridized carbons (Fsp3) is 0.500. The summed E-state index contributed by atoms with van der Waals surface area (Å²) in [5.41, 5.74) is 0.112. The molecule has 7 heteroatoms. The lowest BCUT2D eigenvalue weighted by atomic mass is 10.0. The van der Waals surface area contributed by atoms with Gasteiger partial charge in [-0.15, -0.1) is 0 Å². The van der Waals surface area contributed by atoms with Crippen LogP contribution in [0.5, 0.6) is 0 Å². The van der Waals surface area contributed by atoms with Gasteiger partial charge in [-0.05, 0) is 30.9 Å². The molecule has 1 aromatic carbocycles. The number of amides is 1. The molecule has 1 aromatic rings. The molecule has 1 N–H and O–H groups in total. The standard InChI is InChI=1S/C16H19F2NO4/c17-13-3-1-2-11(16(13)18)4-5-14(20)19(10-15(21)22)12-6-8-23-9-7-12/h1-3,12H,4-10H2,(H,21,22). The molecule has 0 aliphatic carbocycles. The van der Waals surface area contributed by atoms with Gasteiger partial charge < -0.3 is 14.7 Å². The summed E-state index contributed by atoms with van der Waals surface area (Å²) in [5.74, 6) is -3.39. The van der Waals surface area contributed by atoms with Gasteiger partial charge in [0, 0.05) is 25.7 Å². The summed E-state index contributed by atoms with van der Waals surface area (Å²) in [7, 11) is 0. The summed E-state index contributed by atoms with van der Waals surface area (Å²) < 4.78 is 32.0. The second-order valence-electron chi connectivity index (χ2n) is 5.47. The van der Waals surface area contributed by atoms with Gasteiger partial charge >= 0.3 is 5.97 Å². The van der Waals surface area contributed by atoms with E-state index >= 15 is 0 Å². The van der Waals surface area contributed by atoms with Crippen LogP contribution in [-0.4, -0.2) is 47.7 Å². The van der Waals surface area contributed by atoms with Crippen LogP contribution in [0.25, 0.3) is 0 Å². The normalized spacial score (nSPS) is 15.4. The summed E-state index contributed by atoms with van der Waals surface area (Å²) in [6.45, 7) is 0.564. The zero-order chi connectivity index (χ0) is 16.8. The molecular weight excluding hydrogens is 308 g/mol. The van der Waals surface area contributed by atoms with Crippen molar-refractivity contribution in [2.75, 3.05) is 19.8 Å². The lowest BCUT2D eigenvalue weighted by molar-refractivity contribution is -0.147. The second kappa shape index (κ2) is 8.01. The lowest BCUT2D eigenvalue weighted by Gasteiger charge is -2.33. The third kappa shape index (κ3) is 4.72. The number of hydrogen-bond donors (Lipinski definition) is 1. The number of nitrogens with zero attached hydrogens (tertiary/aromatic N) is 1. The van der Waals surface area contributed by atoms with Gasteiger partial charge in [0.15, 0.2) is 11.6 Å². The number of aryl methyl sites for hydroxylation is 1. The minimum absolute atomic E-state index is 0.0295. The molecule has 126 valence electrons. The SMILES string of the molecule is O=C(O)CN(C(=O)CCc1cccc(F)c1F)C1CCOCC1. The molecule has 0 saturated carbocycles. The van der Waals surface area contributed by atoms with Gasteiger partial charge in [-0.2, -0.15) is 0 Å². The van der Waals surface area contributed by atoms with E-state index in [9.17, 15) is 18.4 Å². The van der Waals surface area contributed by atoms with Gasteiger partial charge in [0.2, 0.25) is 5.91 Å². The molecule has 1 heterocycles. The number of halogens is 2. The van der Waals surface area contributed by atoms with E-state index in [1.165, 1.54) is 17.0 Å². The van der Waals surface area contributed by atoms with Gasteiger partial charge in [-0.25, -0.2) is 8.78 Å². The molecular formula is C16H19F2NO4. The maximum atomic E-state index is 13.6. The first kappa shape index (κ1) is 17.3. The number of aliphatic carboxylic acids is 1. The van der Waals surface area contributed by atoms with E-state index in [0.717, 1.165) is 6.07 Å². The minimum Gasteiger partial charge on any atom is -0.480 e. The first-order valence-corrected chi connectivity index (χ1v) is 7.51. The first-order chi connectivity index (χ1) is 11.0. The van der Waals surface area contributed by atoms with E-state index in [1.54, 1.807) is 0 Å². The first-order valence-electron chi connectivity index (χ1n) is 7.51. The van der Waals surface area contributed by atoms with Crippen molar-refractivity contribution in [2.24, 2.45) is 0 Å². The number of ether oxygens (including phenoxy) is 1. The Balaban J connectivity index is 2.02. The number of hydrogen-bond acceptors (Lipinski definition) is 3. The Morgan fingerprint density at radius 1 is 1.26 bits per heavy atom. The van der Waals surface area contributed by atoms with Crippen LogP contribution in [0.4, 0.5) is 8.78 Å². The Morgan fingerprint density at radius 2 is 1.96 bits per heavy atom. The van der Waals surface area contributed by atoms with Crippen LogP contribution < -0.4 is 0 Å². The molecule has 5 nitrogen and oxygen atoms in total. The summed E-state index contributed by atoms with van der Waals surface area (Å²) >= 11 is 0. The van der Waals surface area contributed by atoms with E-state index in [0.29, 0.717) is 26.1 Å². The van der Waals surface area contributed by atoms with Crippen LogP contribution in [0.2, 0.25) is 0 Å². The molecule has 2 rings (SSSR count). The average molecular weight is 327 g/mol. The number of carboxylic acids is 1. The Morgan fingerprint density at radius 3 is 2.61 bits per heavy atom. The predicted molar refractivity (Wildman–Crippen MR) is 77.9 cm³/mol. The number of rotatable bonds is 6. The van der Waals surface area contributed by atoms with Crippen LogP contribution in [0.3, 0.4) is 0 Å². The topological polar surface area (TPSA) is 66.8 Å². The van der Waals surface area contributed by atoms with Crippen molar-refractivity contribution in [3.63, 3.8) is 0 Å². The van der Waals surface area contributed by atoms with Crippen molar-refractivity contribution in [1.82, 2.24) is 4.90 Å². The molecule has 23 heavy (non-hydrogen) atoms. The second-order valence-corrected chi connectivity index (χ2v) is 5.47. The number of carbonyl (C=O) groups is 2. The minimum atomic E-state index is -1.10. The lowest BCUT2D eigenvalue weighted by Crippen LogP contribution is -2.46. The number of benzene rings is 1. The van der Waals surface area contributed by atoms with Crippen LogP contribution in [0.1, 0.15) is 24.8 Å². The summed E-state index contributed by atoms with van der Waals surface area (Å²) in [4.78, 5) is 24.7. The fourth-order valence-corrected chi connectivity index (χ4v) is 2.69. The van der Waals surface area contributed by atoms with Gasteiger partial charge in [-0.3, -0.25) is 9.59 Å². The van der Waals surface area contributed by atoms with Crippen LogP contribution in [0, 0.1) is 11.6 Å². The van der Waals surface area contributed by atoms with E-state index in [2.05, 4.69) is 0 Å². The van der Waals surface area contributed by atoms with Gasteiger partial charge in [0.1, 0.15) is 6.54 Å². The summed E-state index contributed by atoms with van der Waals surface area (Å²) in [5, 5.41) is 8.99. The van der Waals surface area contributed by atoms with Crippen molar-refractivity contribution in [3.8, 4) is 0 Å². The monoisotopic (exact) mass is 327 g/mol. The highest BCUT2D eigenvalue weighted by Gasteiger charge is 2.27. The Hall–Kier alpha value is -2.02. The third-order valence-electron chi connectivity index (χ3n) is 3.90. The summed E-state index contributed by atoms with van der Waals surface area (Å²) in [6, 6.07) is 3.62. The molecule has 1 aliphatic heterocycles. The molecule has 0 aromatic heterocycles. The van der Waals surface area contributed by atoms with Crippen LogP contribution in [-0.2, 0) is 20.7 Å². The largest absolute Gasteiger partial charge is 0.480 e. The average Bonchev–Trinajstić information content (AvgIpc) is 2.54. The van der Waals surface area contributed by atoms with E-state index < -0.39 is 24.1 Å². The quantitative estimate of drug-likeness (QED) is 0.868. The van der Waals surface area contributed by atoms with Crippen molar-refractivity contribution in [2.45, 2.75) is 31.7 Å². The number of carboxylic acid groups (broad SMARTS) is 1. The molecule has 1 aliphatic rings. The molecule has 0 atom stereocenters. The highest BCUT2D eigenvalue weighted by Crippen LogP contribution is 2.18. The highest BCUT2D eigenvalue weighted by molar-refractivity contribution is 5.81. The predicted octanol–water partition coefficient (Wildman–Crippen LogP) is 1.99. The smallest absolute Gasteiger partial charge is 0.323 e. The van der Waals surface area contributed by atoms with Crippen molar-refractivity contribution < 1.29 is 28.2 Å². The highest BCUT2D eigenvalue weighted by atomic mass is 19.2. The molecule has 0 spiro atoms. The molecule has 0 radical (unpaired) electrons. The zero-order valence-corrected chi connectivity index (χ0v) is 12.6. The molecule has 0 unspecified atom stereocenters. The van der Waals surface area contributed by atoms with Crippen molar-refractivity contribution in [3.05, 3.63) is 35.4 Å². The molecule has 1 fully saturated rings. The Labute approximate surface area is 132 Å². The van der Waals surface area contributed by atoms with Crippen molar-refractivity contribution in [1.29, 1.82) is 0 Å². The molecule has 1 amide bonds. The Bertz CT molecular complexity index is 573.